The van der Waals surface area contributed by atoms with Gasteiger partial charge in [0.15, 0.2) is 5.11 Å². The minimum atomic E-state index is -0.411. The summed E-state index contributed by atoms with van der Waals surface area (Å²) in [6.45, 7) is 0.358. The monoisotopic (exact) mass is 449 g/mol. The fraction of sp³-hybridized carbons (Fsp3) is 0.0909. The highest BCUT2D eigenvalue weighted by molar-refractivity contribution is 7.80. The van der Waals surface area contributed by atoms with E-state index in [1.807, 2.05) is 66.7 Å². The minimum Gasteiger partial charge on any atom is -0.357 e. The number of hydrogen-bond donors (Lipinski definition) is 3. The minimum absolute atomic E-state index is 0.174. The highest BCUT2D eigenvalue weighted by Gasteiger charge is 2.12. The van der Waals surface area contributed by atoms with E-state index in [1.165, 1.54) is 22.2 Å². The van der Waals surface area contributed by atoms with Gasteiger partial charge in [0.05, 0.1) is 11.7 Å². The number of fused-ring (bicyclic) bond motifs is 1. The van der Waals surface area contributed by atoms with Gasteiger partial charge in [-0.3, -0.25) is 25.0 Å². The second-order valence-corrected chi connectivity index (χ2v) is 8.15. The van der Waals surface area contributed by atoms with E-state index in [2.05, 4.69) is 21.2 Å². The van der Waals surface area contributed by atoms with Crippen LogP contribution in [0.3, 0.4) is 0 Å². The summed E-state index contributed by atoms with van der Waals surface area (Å²) in [4.78, 5) is 31.0. The maximum atomic E-state index is 12.8. The Hall–Kier alpha value is -3.56. The van der Waals surface area contributed by atoms with Crippen LogP contribution in [0.1, 0.15) is 5.56 Å². The first-order chi connectivity index (χ1) is 15.1. The van der Waals surface area contributed by atoms with Crippen molar-refractivity contribution in [2.45, 2.75) is 13.1 Å². The Kier molecular flexibility index (Phi) is 6.34. The molecule has 0 saturated heterocycles. The van der Waals surface area contributed by atoms with Crippen molar-refractivity contribution in [3.8, 4) is 10.4 Å². The lowest BCUT2D eigenvalue weighted by Crippen LogP contribution is -2.48. The number of rotatable bonds is 5. The molecule has 0 atom stereocenters. The first kappa shape index (κ1) is 20.7. The van der Waals surface area contributed by atoms with Crippen LogP contribution in [0.25, 0.3) is 20.7 Å². The lowest BCUT2D eigenvalue weighted by molar-refractivity contribution is -0.122. The summed E-state index contributed by atoms with van der Waals surface area (Å²) in [6.07, 6.45) is 1.39. The number of nitrogens with one attached hydrogen (secondary N) is 3. The molecule has 1 amide bonds. The van der Waals surface area contributed by atoms with Gasteiger partial charge in [0, 0.05) is 11.4 Å². The molecule has 31 heavy (non-hydrogen) atoms. The third-order valence-corrected chi connectivity index (χ3v) is 5.84. The first-order valence-corrected chi connectivity index (χ1v) is 10.7. The molecule has 2 heterocycles. The third-order valence-electron chi connectivity index (χ3n) is 4.50. The number of amides is 1. The zero-order chi connectivity index (χ0) is 21.6. The van der Waals surface area contributed by atoms with Gasteiger partial charge in [-0.1, -0.05) is 60.7 Å². The molecule has 4 aromatic rings. The zero-order valence-electron chi connectivity index (χ0n) is 16.4. The molecule has 0 aliphatic rings. The number of carbonyl (C=O) groups is 1. The lowest BCUT2D eigenvalue weighted by Gasteiger charge is -2.12. The highest BCUT2D eigenvalue weighted by Crippen LogP contribution is 2.30. The van der Waals surface area contributed by atoms with Crippen LogP contribution < -0.4 is 21.7 Å². The Labute approximate surface area is 187 Å². The van der Waals surface area contributed by atoms with E-state index < -0.39 is 5.91 Å². The van der Waals surface area contributed by atoms with Gasteiger partial charge in [0.25, 0.3) is 11.5 Å². The number of hydrazine groups is 1. The first-order valence-electron chi connectivity index (χ1n) is 9.51. The second-order valence-electron chi connectivity index (χ2n) is 6.71. The summed E-state index contributed by atoms with van der Waals surface area (Å²) in [6, 6.07) is 21.4. The quantitative estimate of drug-likeness (QED) is 0.321. The molecule has 0 aliphatic heterocycles. The number of benzene rings is 2. The molecule has 3 N–H and O–H groups in total. The zero-order valence-corrected chi connectivity index (χ0v) is 18.0. The van der Waals surface area contributed by atoms with Gasteiger partial charge in [-0.2, -0.15) is 0 Å². The van der Waals surface area contributed by atoms with Crippen LogP contribution in [0.5, 0.6) is 0 Å². The van der Waals surface area contributed by atoms with E-state index >= 15 is 0 Å². The molecule has 4 rings (SSSR count). The van der Waals surface area contributed by atoms with Crippen molar-refractivity contribution < 1.29 is 4.79 Å². The molecule has 0 bridgehead atoms. The Bertz CT molecular complexity index is 1270. The molecule has 0 saturated carbocycles. The number of carbonyl (C=O) groups excluding carboxylic acids is 1. The second kappa shape index (κ2) is 9.50. The van der Waals surface area contributed by atoms with E-state index in [0.717, 1.165) is 16.0 Å². The van der Waals surface area contributed by atoms with Crippen LogP contribution in [0.15, 0.2) is 77.9 Å². The molecule has 2 aromatic carbocycles. The standard InChI is InChI=1S/C22H19N5O2S2/c28-19(25-26-22(30)23-12-15-7-3-1-4-8-15)13-27-14-24-20-17(21(27)29)11-18(31-20)16-9-5-2-6-10-16/h1-11,14H,12-13H2,(H,25,28)(H2,23,26,30). The number of aromatic nitrogens is 2. The van der Waals surface area contributed by atoms with Crippen LogP contribution in [0, 0.1) is 0 Å². The fourth-order valence-electron chi connectivity index (χ4n) is 2.96. The smallest absolute Gasteiger partial charge is 0.262 e. The Morgan fingerprint density at radius 1 is 1.03 bits per heavy atom. The summed E-state index contributed by atoms with van der Waals surface area (Å²) >= 11 is 6.61. The SMILES string of the molecule is O=C(Cn1cnc2sc(-c3ccccc3)cc2c1=O)NNC(=S)NCc1ccccc1. The van der Waals surface area contributed by atoms with Crippen LogP contribution >= 0.6 is 23.6 Å². The average Bonchev–Trinajstić information content (AvgIpc) is 3.25. The maximum absolute atomic E-state index is 12.8. The van der Waals surface area contributed by atoms with Gasteiger partial charge in [0.1, 0.15) is 11.4 Å². The van der Waals surface area contributed by atoms with Crippen molar-refractivity contribution in [3.63, 3.8) is 0 Å². The van der Waals surface area contributed by atoms with Gasteiger partial charge in [-0.15, -0.1) is 11.3 Å². The molecular formula is C22H19N5O2S2. The molecule has 9 heteroatoms. The third kappa shape index (κ3) is 5.14. The molecule has 0 unspecified atom stereocenters. The normalized spacial score (nSPS) is 10.6. The van der Waals surface area contributed by atoms with Gasteiger partial charge >= 0.3 is 0 Å². The largest absolute Gasteiger partial charge is 0.357 e. The van der Waals surface area contributed by atoms with E-state index in [9.17, 15) is 9.59 Å². The number of thiophene rings is 1. The number of hydrogen-bond acceptors (Lipinski definition) is 5. The van der Waals surface area contributed by atoms with Crippen molar-refractivity contribution in [2.24, 2.45) is 0 Å². The van der Waals surface area contributed by atoms with Crippen LogP contribution in [-0.4, -0.2) is 20.6 Å². The number of nitrogens with zero attached hydrogens (tertiary/aromatic N) is 2. The maximum Gasteiger partial charge on any atom is 0.262 e. The predicted molar refractivity (Wildman–Crippen MR) is 126 cm³/mol. The van der Waals surface area contributed by atoms with E-state index in [-0.39, 0.29) is 17.2 Å². The summed E-state index contributed by atoms with van der Waals surface area (Å²) in [5, 5.41) is 3.77. The van der Waals surface area contributed by atoms with Gasteiger partial charge in [0.2, 0.25) is 0 Å². The van der Waals surface area contributed by atoms with Crippen molar-refractivity contribution >= 4 is 44.8 Å². The summed E-state index contributed by atoms with van der Waals surface area (Å²) < 4.78 is 1.28. The molecule has 2 aromatic heterocycles. The van der Waals surface area contributed by atoms with Gasteiger partial charge < -0.3 is 5.32 Å². The van der Waals surface area contributed by atoms with Crippen LogP contribution in [0.2, 0.25) is 0 Å². The van der Waals surface area contributed by atoms with Crippen molar-refractivity contribution in [3.05, 3.63) is 89.0 Å². The Morgan fingerprint density at radius 3 is 2.48 bits per heavy atom. The average molecular weight is 450 g/mol. The van der Waals surface area contributed by atoms with E-state index in [4.69, 9.17) is 12.2 Å². The molecule has 156 valence electrons. The van der Waals surface area contributed by atoms with E-state index in [0.29, 0.717) is 16.8 Å². The Morgan fingerprint density at radius 2 is 1.74 bits per heavy atom. The lowest BCUT2D eigenvalue weighted by atomic mass is 10.2. The molecular weight excluding hydrogens is 430 g/mol. The molecule has 0 spiro atoms. The van der Waals surface area contributed by atoms with Gasteiger partial charge in [-0.05, 0) is 29.4 Å². The van der Waals surface area contributed by atoms with Crippen molar-refractivity contribution in [1.29, 1.82) is 0 Å². The fourth-order valence-corrected chi connectivity index (χ4v) is 4.08. The van der Waals surface area contributed by atoms with Crippen LogP contribution in [0.4, 0.5) is 0 Å². The topological polar surface area (TPSA) is 88.0 Å². The predicted octanol–water partition coefficient (Wildman–Crippen LogP) is 2.82. The van der Waals surface area contributed by atoms with Crippen LogP contribution in [-0.2, 0) is 17.9 Å². The summed E-state index contributed by atoms with van der Waals surface area (Å²) in [7, 11) is 0. The molecule has 0 radical (unpaired) electrons. The highest BCUT2D eigenvalue weighted by atomic mass is 32.1. The summed E-state index contributed by atoms with van der Waals surface area (Å²) in [5.41, 5.74) is 6.96. The molecule has 0 fully saturated rings. The van der Waals surface area contributed by atoms with Crippen molar-refractivity contribution in [1.82, 2.24) is 25.7 Å². The summed E-state index contributed by atoms with van der Waals surface area (Å²) in [5.74, 6) is -0.411. The van der Waals surface area contributed by atoms with E-state index in [1.54, 1.807) is 0 Å². The Balaban J connectivity index is 1.36. The molecule has 7 nitrogen and oxygen atoms in total. The van der Waals surface area contributed by atoms with Crippen molar-refractivity contribution in [2.75, 3.05) is 0 Å². The number of thiocarbonyl (C=S) groups is 1. The molecule has 0 aliphatic carbocycles. The van der Waals surface area contributed by atoms with Gasteiger partial charge in [-0.25, -0.2) is 4.98 Å².